The Labute approximate surface area is 125 Å². The van der Waals surface area contributed by atoms with Crippen LogP contribution in [0.25, 0.3) is 10.7 Å². The maximum Gasteiger partial charge on any atom is 0.276 e. The van der Waals surface area contributed by atoms with Crippen LogP contribution in [-0.2, 0) is 0 Å². The van der Waals surface area contributed by atoms with E-state index >= 15 is 0 Å². The number of carbonyl (C=O) groups is 1. The first-order valence-corrected chi connectivity index (χ1v) is 7.06. The maximum atomic E-state index is 12.1. The van der Waals surface area contributed by atoms with Crippen LogP contribution in [0.15, 0.2) is 42.3 Å². The zero-order valence-corrected chi connectivity index (χ0v) is 12.0. The van der Waals surface area contributed by atoms with Gasteiger partial charge in [-0.15, -0.1) is 11.3 Å². The van der Waals surface area contributed by atoms with Gasteiger partial charge in [-0.25, -0.2) is 9.97 Å². The van der Waals surface area contributed by atoms with Crippen molar-refractivity contribution in [2.45, 2.75) is 6.92 Å². The van der Waals surface area contributed by atoms with Gasteiger partial charge in [-0.1, -0.05) is 0 Å². The number of pyridine rings is 1. The van der Waals surface area contributed by atoms with Crippen molar-refractivity contribution >= 4 is 23.1 Å². The van der Waals surface area contributed by atoms with E-state index in [1.165, 1.54) is 11.3 Å². The lowest BCUT2D eigenvalue weighted by atomic mass is 10.3. The third-order valence-corrected chi connectivity index (χ3v) is 3.54. The molecule has 0 unspecified atom stereocenters. The van der Waals surface area contributed by atoms with E-state index in [0.717, 1.165) is 5.56 Å². The smallest absolute Gasteiger partial charge is 0.276 e. The molecule has 1 amide bonds. The molecule has 0 saturated carbocycles. The zero-order valence-electron chi connectivity index (χ0n) is 11.1. The van der Waals surface area contributed by atoms with Crippen LogP contribution >= 0.6 is 11.3 Å². The molecule has 3 aromatic rings. The Bertz CT molecular complexity index is 772. The van der Waals surface area contributed by atoms with Crippen LogP contribution in [-0.4, -0.2) is 25.8 Å². The third kappa shape index (κ3) is 3.09. The number of hydrogen-bond acceptors (Lipinski definition) is 6. The minimum atomic E-state index is -0.292. The highest BCUT2D eigenvalue weighted by Crippen LogP contribution is 2.21. The van der Waals surface area contributed by atoms with Gasteiger partial charge in [0.05, 0.1) is 6.20 Å². The van der Waals surface area contributed by atoms with Gasteiger partial charge in [0.25, 0.3) is 5.91 Å². The van der Waals surface area contributed by atoms with Gasteiger partial charge in [-0.3, -0.25) is 14.8 Å². The Kier molecular flexibility index (Phi) is 3.65. The van der Waals surface area contributed by atoms with Gasteiger partial charge in [0, 0.05) is 24.0 Å². The highest BCUT2D eigenvalue weighted by molar-refractivity contribution is 7.13. The van der Waals surface area contributed by atoms with E-state index in [4.69, 9.17) is 0 Å². The minimum absolute atomic E-state index is 0.292. The topological polar surface area (TPSA) is 80.7 Å². The van der Waals surface area contributed by atoms with Gasteiger partial charge >= 0.3 is 0 Å². The molecule has 6 nitrogen and oxygen atoms in total. The Morgan fingerprint density at radius 1 is 1.24 bits per heavy atom. The molecule has 0 aliphatic rings. The summed E-state index contributed by atoms with van der Waals surface area (Å²) in [5.74, 6) is 0.216. The summed E-state index contributed by atoms with van der Waals surface area (Å²) < 4.78 is 0. The number of nitrogens with one attached hydrogen (secondary N) is 1. The summed E-state index contributed by atoms with van der Waals surface area (Å²) in [5, 5.41) is 5.07. The van der Waals surface area contributed by atoms with E-state index in [1.807, 2.05) is 13.0 Å². The number of aromatic nitrogens is 4. The molecule has 0 atom stereocenters. The molecule has 0 aliphatic carbocycles. The molecular formula is C14H11N5OS. The Hall–Kier alpha value is -2.67. The summed E-state index contributed by atoms with van der Waals surface area (Å²) in [6.07, 6.45) is 6.45. The molecule has 0 spiro atoms. The lowest BCUT2D eigenvalue weighted by Gasteiger charge is -2.02. The normalized spacial score (nSPS) is 10.3. The van der Waals surface area contributed by atoms with Gasteiger partial charge in [0.2, 0.25) is 0 Å². The number of hydrogen-bond donors (Lipinski definition) is 1. The van der Waals surface area contributed by atoms with Crippen molar-refractivity contribution in [3.8, 4) is 10.7 Å². The predicted molar refractivity (Wildman–Crippen MR) is 80.1 cm³/mol. The molecule has 3 heterocycles. The van der Waals surface area contributed by atoms with Crippen molar-refractivity contribution in [2.24, 2.45) is 0 Å². The average molecular weight is 297 g/mol. The highest BCUT2D eigenvalue weighted by Gasteiger charge is 2.13. The molecule has 0 aromatic carbocycles. The molecule has 0 bridgehead atoms. The third-order valence-electron chi connectivity index (χ3n) is 2.68. The zero-order chi connectivity index (χ0) is 14.7. The van der Waals surface area contributed by atoms with Gasteiger partial charge in [-0.2, -0.15) is 0 Å². The first-order valence-electron chi connectivity index (χ1n) is 6.18. The van der Waals surface area contributed by atoms with E-state index < -0.39 is 0 Å². The molecular weight excluding hydrogens is 286 g/mol. The molecule has 21 heavy (non-hydrogen) atoms. The molecule has 3 rings (SSSR count). The number of aryl methyl sites for hydroxylation is 1. The second-order valence-corrected chi connectivity index (χ2v) is 5.16. The highest BCUT2D eigenvalue weighted by atomic mass is 32.1. The van der Waals surface area contributed by atoms with Crippen molar-refractivity contribution in [1.29, 1.82) is 0 Å². The van der Waals surface area contributed by atoms with Crippen LogP contribution in [0.2, 0.25) is 0 Å². The molecule has 0 fully saturated rings. The number of thiazole rings is 1. The van der Waals surface area contributed by atoms with Gasteiger partial charge < -0.3 is 5.32 Å². The van der Waals surface area contributed by atoms with Crippen molar-refractivity contribution in [2.75, 3.05) is 5.32 Å². The second kappa shape index (κ2) is 5.76. The molecule has 0 radical (unpaired) electrons. The molecule has 0 aliphatic heterocycles. The Balaban J connectivity index is 1.78. The standard InChI is InChI=1S/C14H11N5OS/c1-9-2-3-17-12(6-9)19-13(20)11-8-21-14(18-11)10-7-15-4-5-16-10/h2-8H,1H3,(H,17,19,20). The van der Waals surface area contributed by atoms with E-state index in [2.05, 4.69) is 25.3 Å². The van der Waals surface area contributed by atoms with E-state index in [1.54, 1.807) is 36.2 Å². The summed E-state index contributed by atoms with van der Waals surface area (Å²) in [4.78, 5) is 28.6. The predicted octanol–water partition coefficient (Wildman–Crippen LogP) is 2.56. The van der Waals surface area contributed by atoms with E-state index in [0.29, 0.717) is 22.2 Å². The fourth-order valence-corrected chi connectivity index (χ4v) is 2.45. The summed E-state index contributed by atoms with van der Waals surface area (Å²) in [6, 6.07) is 3.67. The molecule has 3 aromatic heterocycles. The Morgan fingerprint density at radius 2 is 2.14 bits per heavy atom. The van der Waals surface area contributed by atoms with Crippen LogP contribution in [0.1, 0.15) is 16.1 Å². The van der Waals surface area contributed by atoms with Crippen molar-refractivity contribution in [3.05, 3.63) is 53.6 Å². The van der Waals surface area contributed by atoms with Crippen LogP contribution in [0.4, 0.5) is 5.82 Å². The quantitative estimate of drug-likeness (QED) is 0.803. The SMILES string of the molecule is Cc1ccnc(NC(=O)c2csc(-c3cnccn3)n2)c1. The van der Waals surface area contributed by atoms with Gasteiger partial charge in [0.15, 0.2) is 0 Å². The lowest BCUT2D eigenvalue weighted by molar-refractivity contribution is 0.102. The molecule has 0 saturated heterocycles. The summed E-state index contributed by atoms with van der Waals surface area (Å²) in [7, 11) is 0. The first-order chi connectivity index (χ1) is 10.2. The van der Waals surface area contributed by atoms with Crippen molar-refractivity contribution < 1.29 is 4.79 Å². The van der Waals surface area contributed by atoms with Crippen LogP contribution in [0.5, 0.6) is 0 Å². The minimum Gasteiger partial charge on any atom is -0.305 e. The molecule has 104 valence electrons. The molecule has 7 heteroatoms. The number of amides is 1. The van der Waals surface area contributed by atoms with E-state index in [-0.39, 0.29) is 5.91 Å². The number of anilines is 1. The van der Waals surface area contributed by atoms with Crippen LogP contribution < -0.4 is 5.32 Å². The fraction of sp³-hybridized carbons (Fsp3) is 0.0714. The van der Waals surface area contributed by atoms with Gasteiger partial charge in [0.1, 0.15) is 22.2 Å². The Morgan fingerprint density at radius 3 is 2.90 bits per heavy atom. The fourth-order valence-electron chi connectivity index (χ4n) is 1.69. The van der Waals surface area contributed by atoms with Gasteiger partial charge in [-0.05, 0) is 24.6 Å². The van der Waals surface area contributed by atoms with Crippen molar-refractivity contribution in [3.63, 3.8) is 0 Å². The number of rotatable bonds is 3. The summed E-state index contributed by atoms with van der Waals surface area (Å²) in [6.45, 7) is 1.94. The van der Waals surface area contributed by atoms with E-state index in [9.17, 15) is 4.79 Å². The van der Waals surface area contributed by atoms with Crippen LogP contribution in [0, 0.1) is 6.92 Å². The number of nitrogens with zero attached hydrogens (tertiary/aromatic N) is 4. The number of carbonyl (C=O) groups excluding carboxylic acids is 1. The maximum absolute atomic E-state index is 12.1. The van der Waals surface area contributed by atoms with Crippen molar-refractivity contribution in [1.82, 2.24) is 19.9 Å². The second-order valence-electron chi connectivity index (χ2n) is 4.30. The average Bonchev–Trinajstić information content (AvgIpc) is 2.98. The van der Waals surface area contributed by atoms with Crippen LogP contribution in [0.3, 0.4) is 0 Å². The molecule has 1 N–H and O–H groups in total. The lowest BCUT2D eigenvalue weighted by Crippen LogP contribution is -2.13. The summed E-state index contributed by atoms with van der Waals surface area (Å²) in [5.41, 5.74) is 2.01. The monoisotopic (exact) mass is 297 g/mol. The summed E-state index contributed by atoms with van der Waals surface area (Å²) >= 11 is 1.35. The largest absolute Gasteiger partial charge is 0.305 e. The first kappa shape index (κ1) is 13.3.